The van der Waals surface area contributed by atoms with E-state index in [1.165, 1.54) is 8.87 Å². The van der Waals surface area contributed by atoms with Gasteiger partial charge in [-0.05, 0) is 0 Å². The first-order valence-corrected chi connectivity index (χ1v) is 10.3. The molecule has 0 aliphatic rings. The van der Waals surface area contributed by atoms with Gasteiger partial charge in [-0.25, -0.2) is 0 Å². The molecule has 0 aromatic carbocycles. The fraction of sp³-hybridized carbons (Fsp3) is 0.833. The Morgan fingerprint density at radius 2 is 1.29 bits per heavy atom. The van der Waals surface area contributed by atoms with Crippen LogP contribution in [0.2, 0.25) is 8.87 Å². The molecule has 4 nitrogen and oxygen atoms in total. The van der Waals surface area contributed by atoms with E-state index >= 15 is 0 Å². The normalized spacial score (nSPS) is 10.0. The molecule has 0 atom stereocenters. The van der Waals surface area contributed by atoms with E-state index in [2.05, 4.69) is 0 Å². The molecule has 0 bridgehead atoms. The molecule has 17 heavy (non-hydrogen) atoms. The van der Waals surface area contributed by atoms with Crippen LogP contribution in [-0.4, -0.2) is 46.3 Å². The van der Waals surface area contributed by atoms with Crippen molar-refractivity contribution in [1.29, 1.82) is 0 Å². The van der Waals surface area contributed by atoms with Gasteiger partial charge in [-0.3, -0.25) is 0 Å². The molecule has 0 amide bonds. The third-order valence-corrected chi connectivity index (χ3v) is 6.12. The third kappa shape index (κ3) is 12.0. The molecule has 0 aliphatic carbocycles. The average Bonchev–Trinajstić information content (AvgIpc) is 2.28. The first-order chi connectivity index (χ1) is 8.20. The fourth-order valence-corrected chi connectivity index (χ4v) is 4.46. The van der Waals surface area contributed by atoms with Crippen molar-refractivity contribution in [3.8, 4) is 0 Å². The summed E-state index contributed by atoms with van der Waals surface area (Å²) in [4.78, 5) is 22.1. The zero-order chi connectivity index (χ0) is 12.9. The predicted octanol–water partition coefficient (Wildman–Crippen LogP) is 2.21. The SMILES string of the molecule is CCOC(=O)CC[CH2][Sn][CH2]CCC(=O)OCC. The molecule has 2 radical (unpaired) electrons. The Balaban J connectivity index is 3.18. The summed E-state index contributed by atoms with van der Waals surface area (Å²) in [5.41, 5.74) is 0. The van der Waals surface area contributed by atoms with Crippen LogP contribution in [0.5, 0.6) is 0 Å². The Labute approximate surface area is 114 Å². The minimum atomic E-state index is -0.381. The molecular weight excluding hydrogens is 327 g/mol. The summed E-state index contributed by atoms with van der Waals surface area (Å²) in [6, 6.07) is 0. The molecule has 0 spiro atoms. The molecule has 0 N–H and O–H groups in total. The van der Waals surface area contributed by atoms with Gasteiger partial charge in [0, 0.05) is 0 Å². The molecule has 0 aromatic rings. The second-order valence-electron chi connectivity index (χ2n) is 3.57. The summed E-state index contributed by atoms with van der Waals surface area (Å²) in [5, 5.41) is 0. The Kier molecular flexibility index (Phi) is 12.0. The van der Waals surface area contributed by atoms with E-state index in [1.807, 2.05) is 13.8 Å². The van der Waals surface area contributed by atoms with E-state index < -0.39 is 0 Å². The Morgan fingerprint density at radius 1 is 0.882 bits per heavy atom. The molecular formula is C12H22O4Sn. The van der Waals surface area contributed by atoms with Crippen LogP contribution >= 0.6 is 0 Å². The summed E-state index contributed by atoms with van der Waals surface area (Å²) in [7, 11) is 0. The van der Waals surface area contributed by atoms with Crippen LogP contribution < -0.4 is 0 Å². The third-order valence-electron chi connectivity index (χ3n) is 2.08. The van der Waals surface area contributed by atoms with Gasteiger partial charge in [0.2, 0.25) is 0 Å². The maximum absolute atomic E-state index is 11.0. The number of carbonyl (C=O) groups excluding carboxylic acids is 2. The first kappa shape index (κ1) is 16.7. The van der Waals surface area contributed by atoms with Crippen LogP contribution in [0, 0.1) is 0 Å². The first-order valence-electron chi connectivity index (χ1n) is 6.22. The number of carbonyl (C=O) groups is 2. The number of hydrogen-bond donors (Lipinski definition) is 0. The van der Waals surface area contributed by atoms with Crippen molar-refractivity contribution < 1.29 is 19.1 Å². The van der Waals surface area contributed by atoms with E-state index in [1.54, 1.807) is 0 Å². The van der Waals surface area contributed by atoms with Gasteiger partial charge in [-0.1, -0.05) is 0 Å². The van der Waals surface area contributed by atoms with E-state index in [9.17, 15) is 9.59 Å². The van der Waals surface area contributed by atoms with Gasteiger partial charge in [0.25, 0.3) is 0 Å². The summed E-state index contributed by atoms with van der Waals surface area (Å²) >= 11 is -0.381. The molecule has 0 heterocycles. The zero-order valence-electron chi connectivity index (χ0n) is 10.8. The van der Waals surface area contributed by atoms with Crippen molar-refractivity contribution in [3.05, 3.63) is 0 Å². The monoisotopic (exact) mass is 350 g/mol. The van der Waals surface area contributed by atoms with Crippen LogP contribution in [0.1, 0.15) is 39.5 Å². The Bertz CT molecular complexity index is 197. The van der Waals surface area contributed by atoms with Gasteiger partial charge in [0.15, 0.2) is 0 Å². The Morgan fingerprint density at radius 3 is 1.65 bits per heavy atom. The zero-order valence-corrected chi connectivity index (χ0v) is 13.6. The van der Waals surface area contributed by atoms with E-state index in [0.717, 1.165) is 12.8 Å². The van der Waals surface area contributed by atoms with E-state index in [-0.39, 0.29) is 33.1 Å². The summed E-state index contributed by atoms with van der Waals surface area (Å²) in [6.07, 6.45) is 2.99. The predicted molar refractivity (Wildman–Crippen MR) is 67.1 cm³/mol. The van der Waals surface area contributed by atoms with Crippen molar-refractivity contribution >= 4 is 33.1 Å². The van der Waals surface area contributed by atoms with Crippen molar-refractivity contribution in [1.82, 2.24) is 0 Å². The van der Waals surface area contributed by atoms with Crippen LogP contribution in [0.15, 0.2) is 0 Å². The number of hydrogen-bond acceptors (Lipinski definition) is 4. The van der Waals surface area contributed by atoms with Crippen LogP contribution in [0.25, 0.3) is 0 Å². The van der Waals surface area contributed by atoms with Gasteiger partial charge in [0.1, 0.15) is 0 Å². The average molecular weight is 349 g/mol. The molecule has 0 rings (SSSR count). The number of rotatable bonds is 10. The van der Waals surface area contributed by atoms with Crippen LogP contribution in [-0.2, 0) is 19.1 Å². The molecule has 0 saturated heterocycles. The molecule has 0 fully saturated rings. The Hall–Kier alpha value is -0.261. The van der Waals surface area contributed by atoms with Gasteiger partial charge in [0.05, 0.1) is 0 Å². The van der Waals surface area contributed by atoms with Crippen LogP contribution in [0.4, 0.5) is 0 Å². The van der Waals surface area contributed by atoms with E-state index in [4.69, 9.17) is 9.47 Å². The van der Waals surface area contributed by atoms with Gasteiger partial charge in [-0.15, -0.1) is 0 Å². The summed E-state index contributed by atoms with van der Waals surface area (Å²) in [5.74, 6) is -0.170. The second kappa shape index (κ2) is 12.2. The summed E-state index contributed by atoms with van der Waals surface area (Å²) < 4.78 is 12.1. The van der Waals surface area contributed by atoms with E-state index in [0.29, 0.717) is 26.1 Å². The van der Waals surface area contributed by atoms with Gasteiger partial charge >= 0.3 is 114 Å². The topological polar surface area (TPSA) is 52.6 Å². The molecule has 0 unspecified atom stereocenters. The van der Waals surface area contributed by atoms with Crippen molar-refractivity contribution in [2.45, 2.75) is 48.4 Å². The molecule has 5 heteroatoms. The van der Waals surface area contributed by atoms with Crippen molar-refractivity contribution in [2.24, 2.45) is 0 Å². The number of esters is 2. The van der Waals surface area contributed by atoms with Crippen molar-refractivity contribution in [3.63, 3.8) is 0 Å². The van der Waals surface area contributed by atoms with Gasteiger partial charge < -0.3 is 0 Å². The number of ether oxygens (including phenoxy) is 2. The van der Waals surface area contributed by atoms with Gasteiger partial charge in [-0.2, -0.15) is 0 Å². The molecule has 0 saturated carbocycles. The molecule has 98 valence electrons. The quantitative estimate of drug-likeness (QED) is 0.345. The molecule has 0 aliphatic heterocycles. The second-order valence-corrected chi connectivity index (χ2v) is 7.85. The minimum absolute atomic E-state index is 0.0848. The van der Waals surface area contributed by atoms with Crippen molar-refractivity contribution in [2.75, 3.05) is 13.2 Å². The standard InChI is InChI=1S/2C6H11O2.Sn/c2*1-3-5-6(7)8-4-2;/h2*1,3-5H2,2H3;. The van der Waals surface area contributed by atoms with Crippen LogP contribution in [0.3, 0.4) is 0 Å². The maximum atomic E-state index is 11.0. The molecule has 0 aromatic heterocycles. The summed E-state index contributed by atoms with van der Waals surface area (Å²) in [6.45, 7) is 4.59. The fourth-order valence-electron chi connectivity index (χ4n) is 1.31.